The number of carbonyl (C=O) groups is 1. The van der Waals surface area contributed by atoms with Gasteiger partial charge in [-0.2, -0.15) is 0 Å². The number of aliphatic carboxylic acids is 1. The third-order valence-electron chi connectivity index (χ3n) is 4.15. The van der Waals surface area contributed by atoms with E-state index in [-0.39, 0.29) is 11.8 Å². The van der Waals surface area contributed by atoms with E-state index in [0.29, 0.717) is 13.2 Å². The lowest BCUT2D eigenvalue weighted by molar-refractivity contribution is -0.284. The van der Waals surface area contributed by atoms with Gasteiger partial charge in [-0.25, -0.2) is 0 Å². The molecule has 0 aromatic heterocycles. The van der Waals surface area contributed by atoms with E-state index >= 15 is 0 Å². The molecule has 1 fully saturated rings. The first kappa shape index (κ1) is 16.7. The maximum absolute atomic E-state index is 11.0. The number of hydrogen-bond donors (Lipinski definition) is 1. The monoisotopic (exact) mass is 326 g/mol. The zero-order valence-electron chi connectivity index (χ0n) is 14.0. The lowest BCUT2D eigenvalue weighted by Crippen LogP contribution is -2.46. The Labute approximate surface area is 142 Å². The maximum atomic E-state index is 11.0. The van der Waals surface area contributed by atoms with Crippen molar-refractivity contribution in [2.75, 3.05) is 13.2 Å². The number of rotatable bonds is 4. The highest BCUT2D eigenvalue weighted by Crippen LogP contribution is 2.41. The highest BCUT2D eigenvalue weighted by Gasteiger charge is 2.43. The zero-order valence-corrected chi connectivity index (χ0v) is 14.0. The average molecular weight is 326 g/mol. The Morgan fingerprint density at radius 3 is 2.25 bits per heavy atom. The van der Waals surface area contributed by atoms with Crippen molar-refractivity contribution in [3.8, 4) is 0 Å². The molecule has 1 heterocycles. The first-order valence-electron chi connectivity index (χ1n) is 8.06. The molecule has 0 radical (unpaired) electrons. The highest BCUT2D eigenvalue weighted by atomic mass is 16.7. The van der Waals surface area contributed by atoms with Crippen molar-refractivity contribution < 1.29 is 19.4 Å². The van der Waals surface area contributed by atoms with Crippen molar-refractivity contribution in [2.24, 2.45) is 5.41 Å². The molecule has 0 amide bonds. The second-order valence-electron chi connectivity index (χ2n) is 7.00. The molecule has 1 aliphatic heterocycles. The molecule has 0 unspecified atom stereocenters. The molecular formula is C20H22O4. The molecule has 4 heteroatoms. The minimum Gasteiger partial charge on any atom is -0.481 e. The highest BCUT2D eigenvalue weighted by molar-refractivity contribution is 5.70. The van der Waals surface area contributed by atoms with Crippen molar-refractivity contribution in [3.05, 3.63) is 71.3 Å². The summed E-state index contributed by atoms with van der Waals surface area (Å²) >= 11 is 0. The Kier molecular flexibility index (Phi) is 4.43. The number of benzene rings is 2. The molecule has 2 aromatic carbocycles. The van der Waals surface area contributed by atoms with Gasteiger partial charge in [0.1, 0.15) is 0 Å². The van der Waals surface area contributed by atoms with Crippen LogP contribution in [0.2, 0.25) is 0 Å². The molecule has 0 atom stereocenters. The topological polar surface area (TPSA) is 55.8 Å². The third-order valence-corrected chi connectivity index (χ3v) is 4.15. The van der Waals surface area contributed by atoms with E-state index in [0.717, 1.165) is 16.7 Å². The molecule has 126 valence electrons. The molecule has 0 bridgehead atoms. The van der Waals surface area contributed by atoms with Crippen molar-refractivity contribution in [1.29, 1.82) is 0 Å². The summed E-state index contributed by atoms with van der Waals surface area (Å²) in [5.74, 6) is -1.85. The fourth-order valence-corrected chi connectivity index (χ4v) is 2.90. The zero-order chi connectivity index (χ0) is 17.2. The van der Waals surface area contributed by atoms with Crippen LogP contribution < -0.4 is 0 Å². The predicted octanol–water partition coefficient (Wildman–Crippen LogP) is 3.59. The number of ether oxygens (including phenoxy) is 2. The fraction of sp³-hybridized carbons (Fsp3) is 0.350. The molecule has 2 aromatic rings. The quantitative estimate of drug-likeness (QED) is 0.933. The van der Waals surface area contributed by atoms with Crippen molar-refractivity contribution in [2.45, 2.75) is 26.1 Å². The molecular weight excluding hydrogens is 304 g/mol. The van der Waals surface area contributed by atoms with E-state index in [1.54, 1.807) is 0 Å². The van der Waals surface area contributed by atoms with Crippen molar-refractivity contribution in [1.82, 2.24) is 0 Å². The molecule has 4 nitrogen and oxygen atoms in total. The van der Waals surface area contributed by atoms with Crippen LogP contribution in [0.4, 0.5) is 0 Å². The summed E-state index contributed by atoms with van der Waals surface area (Å²) in [6.45, 7) is 5.32. The number of carboxylic acid groups (broad SMARTS) is 1. The van der Waals surface area contributed by atoms with Gasteiger partial charge in [-0.15, -0.1) is 0 Å². The maximum Gasteiger partial charge on any atom is 0.307 e. The van der Waals surface area contributed by atoms with E-state index in [4.69, 9.17) is 14.6 Å². The van der Waals surface area contributed by atoms with Crippen LogP contribution in [0.1, 0.15) is 30.5 Å². The Bertz CT molecular complexity index is 711. The van der Waals surface area contributed by atoms with Crippen molar-refractivity contribution in [3.63, 3.8) is 0 Å². The van der Waals surface area contributed by atoms with Gasteiger partial charge in [0.15, 0.2) is 0 Å². The summed E-state index contributed by atoms with van der Waals surface area (Å²) in [6.07, 6.45) is -0.0236. The molecule has 24 heavy (non-hydrogen) atoms. The molecule has 0 spiro atoms. The Balaban J connectivity index is 2.04. The van der Waals surface area contributed by atoms with E-state index in [1.807, 2.05) is 54.6 Å². The standard InChI is InChI=1S/C20H22O4/c1-19(2)13-23-20(24-14-19,16-8-4-3-5-9-16)17-10-6-7-15(11-17)12-18(21)22/h3-11H,12-14H2,1-2H3,(H,21,22). The summed E-state index contributed by atoms with van der Waals surface area (Å²) in [5.41, 5.74) is 2.40. The van der Waals surface area contributed by atoms with Gasteiger partial charge in [0.2, 0.25) is 5.79 Å². The van der Waals surface area contributed by atoms with Gasteiger partial charge in [-0.05, 0) is 11.6 Å². The average Bonchev–Trinajstić information content (AvgIpc) is 2.56. The van der Waals surface area contributed by atoms with Crippen LogP contribution in [0, 0.1) is 5.41 Å². The molecule has 0 aliphatic carbocycles. The molecule has 3 rings (SSSR count). The molecule has 1 N–H and O–H groups in total. The summed E-state index contributed by atoms with van der Waals surface area (Å²) in [6, 6.07) is 17.2. The van der Waals surface area contributed by atoms with Crippen molar-refractivity contribution >= 4 is 5.97 Å². The summed E-state index contributed by atoms with van der Waals surface area (Å²) in [4.78, 5) is 11.0. The van der Waals surface area contributed by atoms with E-state index in [1.165, 1.54) is 0 Å². The third kappa shape index (κ3) is 3.35. The van der Waals surface area contributed by atoms with Crippen LogP contribution in [-0.2, 0) is 26.5 Å². The summed E-state index contributed by atoms with van der Waals surface area (Å²) in [5, 5.41) is 9.06. The Morgan fingerprint density at radius 1 is 1.00 bits per heavy atom. The van der Waals surface area contributed by atoms with Crippen LogP contribution in [0.3, 0.4) is 0 Å². The summed E-state index contributed by atoms with van der Waals surface area (Å²) < 4.78 is 12.5. The Hall–Kier alpha value is -2.17. The minimum absolute atomic E-state index is 0.0236. The molecule has 0 saturated carbocycles. The second kappa shape index (κ2) is 6.38. The van der Waals surface area contributed by atoms with Gasteiger partial charge in [0, 0.05) is 16.5 Å². The van der Waals surface area contributed by atoms with Gasteiger partial charge >= 0.3 is 5.97 Å². The fourth-order valence-electron chi connectivity index (χ4n) is 2.90. The lowest BCUT2D eigenvalue weighted by atomic mass is 9.90. The predicted molar refractivity (Wildman–Crippen MR) is 90.7 cm³/mol. The van der Waals surface area contributed by atoms with E-state index in [2.05, 4.69) is 13.8 Å². The van der Waals surface area contributed by atoms with Gasteiger partial charge in [-0.1, -0.05) is 62.4 Å². The van der Waals surface area contributed by atoms with Gasteiger partial charge < -0.3 is 14.6 Å². The van der Waals surface area contributed by atoms with Gasteiger partial charge in [-0.3, -0.25) is 4.79 Å². The minimum atomic E-state index is -0.995. The van der Waals surface area contributed by atoms with E-state index < -0.39 is 11.8 Å². The second-order valence-corrected chi connectivity index (χ2v) is 7.00. The Morgan fingerprint density at radius 2 is 1.62 bits per heavy atom. The van der Waals surface area contributed by atoms with Crippen LogP contribution in [0.5, 0.6) is 0 Å². The number of hydrogen-bond acceptors (Lipinski definition) is 3. The molecule has 1 saturated heterocycles. The molecule has 1 aliphatic rings. The lowest BCUT2D eigenvalue weighted by Gasteiger charge is -2.44. The van der Waals surface area contributed by atoms with Gasteiger partial charge in [0.25, 0.3) is 0 Å². The SMILES string of the molecule is CC1(C)COC(c2ccccc2)(c2cccc(CC(=O)O)c2)OC1. The van der Waals surface area contributed by atoms with Crippen LogP contribution in [-0.4, -0.2) is 24.3 Å². The summed E-state index contributed by atoms with van der Waals surface area (Å²) in [7, 11) is 0. The first-order chi connectivity index (χ1) is 11.4. The first-order valence-corrected chi connectivity index (χ1v) is 8.06. The van der Waals surface area contributed by atoms with Crippen LogP contribution >= 0.6 is 0 Å². The smallest absolute Gasteiger partial charge is 0.307 e. The normalized spacial score (nSPS) is 18.9. The van der Waals surface area contributed by atoms with Crippen LogP contribution in [0.25, 0.3) is 0 Å². The number of carboxylic acids is 1. The van der Waals surface area contributed by atoms with E-state index in [9.17, 15) is 4.79 Å². The van der Waals surface area contributed by atoms with Crippen LogP contribution in [0.15, 0.2) is 54.6 Å². The van der Waals surface area contributed by atoms with Gasteiger partial charge in [0.05, 0.1) is 19.6 Å². The largest absolute Gasteiger partial charge is 0.481 e.